The van der Waals surface area contributed by atoms with Crippen LogP contribution in [-0.4, -0.2) is 36.6 Å². The van der Waals surface area contributed by atoms with E-state index in [9.17, 15) is 4.79 Å². The lowest BCUT2D eigenvalue weighted by atomic mass is 9.68. The van der Waals surface area contributed by atoms with E-state index >= 15 is 0 Å². The maximum absolute atomic E-state index is 12.4. The average Bonchev–Trinajstić information content (AvgIpc) is 3.21. The van der Waals surface area contributed by atoms with Crippen molar-refractivity contribution in [1.29, 1.82) is 0 Å². The molecule has 1 saturated carbocycles. The molecule has 0 N–H and O–H groups in total. The average molecular weight is 354 g/mol. The Bertz CT molecular complexity index is 727. The van der Waals surface area contributed by atoms with Crippen LogP contribution in [0.4, 0.5) is 0 Å². The van der Waals surface area contributed by atoms with Gasteiger partial charge < -0.3 is 4.74 Å². The van der Waals surface area contributed by atoms with E-state index in [-0.39, 0.29) is 16.8 Å². The van der Waals surface area contributed by atoms with Crippen LogP contribution in [0.25, 0.3) is 6.08 Å². The van der Waals surface area contributed by atoms with E-state index in [1.807, 2.05) is 6.92 Å². The van der Waals surface area contributed by atoms with Gasteiger partial charge in [-0.05, 0) is 63.1 Å². The first-order chi connectivity index (χ1) is 12.5. The predicted molar refractivity (Wildman–Crippen MR) is 105 cm³/mol. The zero-order valence-electron chi connectivity index (χ0n) is 16.3. The maximum Gasteiger partial charge on any atom is 0.311 e. The number of benzene rings is 1. The minimum absolute atomic E-state index is 0.00307. The quantitative estimate of drug-likeness (QED) is 0.754. The van der Waals surface area contributed by atoms with Crippen LogP contribution in [-0.2, 0) is 14.9 Å². The van der Waals surface area contributed by atoms with Crippen molar-refractivity contribution in [2.75, 3.05) is 19.7 Å². The second kappa shape index (κ2) is 6.53. The van der Waals surface area contributed by atoms with E-state index in [1.165, 1.54) is 17.5 Å². The Morgan fingerprint density at radius 3 is 2.88 bits per heavy atom. The van der Waals surface area contributed by atoms with Gasteiger partial charge in [-0.25, -0.2) is 0 Å². The van der Waals surface area contributed by atoms with Crippen LogP contribution in [0.3, 0.4) is 0 Å². The van der Waals surface area contributed by atoms with Crippen LogP contribution in [0, 0.1) is 11.3 Å². The molecule has 2 aliphatic carbocycles. The summed E-state index contributed by atoms with van der Waals surface area (Å²) >= 11 is 0. The standard InChI is InChI=1S/C23H31NO2/c1-4-26-21(25)22(3)11-10-19(15-22)24-14-13-23(17(2)16-24)12-9-18-7-5-6-8-20(18)23/h5-9,12,17,19H,4,10-11,13-16H2,1-3H3/t17-,19?,22?,23-/m0/s1. The Labute approximate surface area is 157 Å². The van der Waals surface area contributed by atoms with Crippen LogP contribution >= 0.6 is 0 Å². The molecule has 0 bridgehead atoms. The third-order valence-corrected chi connectivity index (χ3v) is 7.22. The molecule has 140 valence electrons. The normalized spacial score (nSPS) is 36.4. The molecule has 1 aromatic rings. The highest BCUT2D eigenvalue weighted by molar-refractivity contribution is 5.76. The first-order valence-electron chi connectivity index (χ1n) is 10.2. The molecule has 4 rings (SSSR count). The van der Waals surface area contributed by atoms with Gasteiger partial charge in [0, 0.05) is 18.0 Å². The van der Waals surface area contributed by atoms with E-state index in [0.717, 1.165) is 32.4 Å². The number of piperidine rings is 1. The van der Waals surface area contributed by atoms with Crippen LogP contribution in [0.2, 0.25) is 0 Å². The predicted octanol–water partition coefficient (Wildman–Crippen LogP) is 4.41. The molecule has 0 aromatic heterocycles. The number of esters is 1. The monoisotopic (exact) mass is 353 g/mol. The number of carbonyl (C=O) groups excluding carboxylic acids is 1. The SMILES string of the molecule is CCOC(=O)C1(C)CCC(N2CC[C@@]3(C=Cc4ccccc43)[C@@H](C)C2)C1. The molecule has 1 saturated heterocycles. The Hall–Kier alpha value is -1.61. The zero-order valence-corrected chi connectivity index (χ0v) is 16.3. The summed E-state index contributed by atoms with van der Waals surface area (Å²) in [6.45, 7) is 9.10. The van der Waals surface area contributed by atoms with E-state index in [0.29, 0.717) is 18.6 Å². The van der Waals surface area contributed by atoms with Gasteiger partial charge in [0.05, 0.1) is 12.0 Å². The molecule has 2 unspecified atom stereocenters. The number of allylic oxidation sites excluding steroid dienone is 1. The highest BCUT2D eigenvalue weighted by atomic mass is 16.5. The van der Waals surface area contributed by atoms with Crippen LogP contribution in [0.15, 0.2) is 30.3 Å². The molecule has 1 aromatic carbocycles. The fraction of sp³-hybridized carbons (Fsp3) is 0.609. The van der Waals surface area contributed by atoms with Crippen molar-refractivity contribution in [3.05, 3.63) is 41.5 Å². The smallest absolute Gasteiger partial charge is 0.311 e. The number of likely N-dealkylation sites (tertiary alicyclic amines) is 1. The number of fused-ring (bicyclic) bond motifs is 2. The van der Waals surface area contributed by atoms with Gasteiger partial charge in [-0.2, -0.15) is 0 Å². The molecule has 1 aliphatic heterocycles. The summed E-state index contributed by atoms with van der Waals surface area (Å²) in [5.41, 5.74) is 2.81. The maximum atomic E-state index is 12.4. The van der Waals surface area contributed by atoms with Crippen LogP contribution in [0.1, 0.15) is 57.6 Å². The van der Waals surface area contributed by atoms with E-state index < -0.39 is 0 Å². The van der Waals surface area contributed by atoms with Gasteiger partial charge in [0.2, 0.25) is 0 Å². The molecule has 4 atom stereocenters. The largest absolute Gasteiger partial charge is 0.466 e. The highest BCUT2D eigenvalue weighted by Crippen LogP contribution is 2.49. The summed E-state index contributed by atoms with van der Waals surface area (Å²) < 4.78 is 5.33. The van der Waals surface area contributed by atoms with Gasteiger partial charge in [0.1, 0.15) is 0 Å². The van der Waals surface area contributed by atoms with Crippen molar-refractivity contribution in [2.45, 2.75) is 57.9 Å². The lowest BCUT2D eigenvalue weighted by Crippen LogP contribution is -2.50. The number of nitrogens with zero attached hydrogens (tertiary/aromatic N) is 1. The summed E-state index contributed by atoms with van der Waals surface area (Å²) in [5.74, 6) is 0.585. The third kappa shape index (κ3) is 2.72. The Morgan fingerprint density at radius 2 is 2.12 bits per heavy atom. The molecular weight excluding hydrogens is 322 g/mol. The molecule has 3 heteroatoms. The topological polar surface area (TPSA) is 29.5 Å². The van der Waals surface area contributed by atoms with Crippen LogP contribution < -0.4 is 0 Å². The molecule has 2 fully saturated rings. The summed E-state index contributed by atoms with van der Waals surface area (Å²) in [7, 11) is 0. The van der Waals surface area contributed by atoms with Crippen LogP contribution in [0.5, 0.6) is 0 Å². The third-order valence-electron chi connectivity index (χ3n) is 7.22. The lowest BCUT2D eigenvalue weighted by molar-refractivity contribution is -0.154. The summed E-state index contributed by atoms with van der Waals surface area (Å²) in [6.07, 6.45) is 8.95. The fourth-order valence-corrected chi connectivity index (χ4v) is 5.57. The van der Waals surface area contributed by atoms with Gasteiger partial charge in [-0.3, -0.25) is 9.69 Å². The first kappa shape index (κ1) is 17.8. The Kier molecular flexibility index (Phi) is 4.46. The van der Waals surface area contributed by atoms with Crippen molar-refractivity contribution in [2.24, 2.45) is 11.3 Å². The zero-order chi connectivity index (χ0) is 18.4. The Balaban J connectivity index is 1.46. The van der Waals surface area contributed by atoms with Crippen molar-refractivity contribution < 1.29 is 9.53 Å². The number of hydrogen-bond donors (Lipinski definition) is 0. The highest BCUT2D eigenvalue weighted by Gasteiger charge is 2.48. The summed E-state index contributed by atoms with van der Waals surface area (Å²) in [4.78, 5) is 15.0. The summed E-state index contributed by atoms with van der Waals surface area (Å²) in [5, 5.41) is 0. The van der Waals surface area contributed by atoms with Gasteiger partial charge in [-0.15, -0.1) is 0 Å². The number of hydrogen-bond acceptors (Lipinski definition) is 3. The van der Waals surface area contributed by atoms with Crippen molar-refractivity contribution in [3.63, 3.8) is 0 Å². The molecular formula is C23H31NO2. The van der Waals surface area contributed by atoms with E-state index in [2.05, 4.69) is 55.2 Å². The minimum atomic E-state index is -0.293. The van der Waals surface area contributed by atoms with Gasteiger partial charge in [-0.1, -0.05) is 43.3 Å². The molecule has 0 radical (unpaired) electrons. The number of carbonyl (C=O) groups is 1. The number of rotatable bonds is 3. The van der Waals surface area contributed by atoms with Gasteiger partial charge in [0.25, 0.3) is 0 Å². The second-order valence-electron chi connectivity index (χ2n) is 8.78. The Morgan fingerprint density at radius 1 is 1.31 bits per heavy atom. The van der Waals surface area contributed by atoms with Crippen molar-refractivity contribution >= 4 is 12.0 Å². The fourth-order valence-electron chi connectivity index (χ4n) is 5.57. The second-order valence-corrected chi connectivity index (χ2v) is 8.78. The van der Waals surface area contributed by atoms with Gasteiger partial charge in [0.15, 0.2) is 0 Å². The van der Waals surface area contributed by atoms with E-state index in [1.54, 1.807) is 0 Å². The molecule has 0 amide bonds. The van der Waals surface area contributed by atoms with Crippen molar-refractivity contribution in [1.82, 2.24) is 4.90 Å². The molecule has 26 heavy (non-hydrogen) atoms. The minimum Gasteiger partial charge on any atom is -0.466 e. The first-order valence-corrected chi connectivity index (χ1v) is 10.2. The molecule has 1 spiro atoms. The molecule has 1 heterocycles. The summed E-state index contributed by atoms with van der Waals surface area (Å²) in [6, 6.07) is 9.38. The lowest BCUT2D eigenvalue weighted by Gasteiger charge is -2.46. The molecule has 3 nitrogen and oxygen atoms in total. The number of ether oxygens (including phenoxy) is 1. The van der Waals surface area contributed by atoms with E-state index in [4.69, 9.17) is 4.74 Å². The van der Waals surface area contributed by atoms with Crippen molar-refractivity contribution in [3.8, 4) is 0 Å². The molecule has 3 aliphatic rings. The van der Waals surface area contributed by atoms with Gasteiger partial charge >= 0.3 is 5.97 Å².